The molecule has 1 saturated heterocycles. The molecule has 10 heteroatoms. The van der Waals surface area contributed by atoms with Crippen LogP contribution in [0.5, 0.6) is 0 Å². The zero-order valence-corrected chi connectivity index (χ0v) is 19.6. The van der Waals surface area contributed by atoms with Gasteiger partial charge in [-0.2, -0.15) is 0 Å². The van der Waals surface area contributed by atoms with Crippen molar-refractivity contribution < 1.29 is 14.7 Å². The number of rotatable bonds is 7. The highest BCUT2D eigenvalue weighted by Crippen LogP contribution is 2.23. The molecule has 1 aliphatic rings. The van der Waals surface area contributed by atoms with E-state index in [0.29, 0.717) is 12.5 Å². The van der Waals surface area contributed by atoms with E-state index in [1.165, 1.54) is 10.6 Å². The Morgan fingerprint density at radius 1 is 1.00 bits per heavy atom. The SMILES string of the molecule is CN(Cc1cccc(-c2cnc(N3CCN(c4ccc(N)cc4)CC3)nc2)c1)C(=O)CNC(=O)O. The molecule has 0 bridgehead atoms. The second kappa shape index (κ2) is 10.7. The number of hydrogen-bond donors (Lipinski definition) is 3. The van der Waals surface area contributed by atoms with Crippen molar-refractivity contribution >= 4 is 29.3 Å². The minimum absolute atomic E-state index is 0.255. The van der Waals surface area contributed by atoms with Crippen molar-refractivity contribution in [2.45, 2.75) is 6.54 Å². The molecule has 0 saturated carbocycles. The second-order valence-electron chi connectivity index (χ2n) is 8.45. The number of benzene rings is 2. The number of nitrogens with two attached hydrogens (primary N) is 1. The van der Waals surface area contributed by atoms with Crippen LogP contribution in [0.1, 0.15) is 5.56 Å². The van der Waals surface area contributed by atoms with Gasteiger partial charge in [-0.3, -0.25) is 4.79 Å². The van der Waals surface area contributed by atoms with Gasteiger partial charge >= 0.3 is 6.09 Å². The molecule has 3 aromatic rings. The molecule has 10 nitrogen and oxygen atoms in total. The van der Waals surface area contributed by atoms with E-state index in [1.54, 1.807) is 7.05 Å². The largest absolute Gasteiger partial charge is 0.465 e. The fourth-order valence-electron chi connectivity index (χ4n) is 3.98. The standard InChI is InChI=1S/C25H29N7O3/c1-30(23(33)16-29-25(34)35)17-18-3-2-4-19(13-18)20-14-27-24(28-15-20)32-11-9-31(10-12-32)22-7-5-21(26)6-8-22/h2-8,13-15,29H,9-12,16-17,26H2,1H3,(H,34,35). The maximum atomic E-state index is 12.1. The Hall–Kier alpha value is -4.34. The van der Waals surface area contributed by atoms with Gasteiger partial charge in [0.15, 0.2) is 0 Å². The smallest absolute Gasteiger partial charge is 0.405 e. The molecule has 0 atom stereocenters. The first-order valence-electron chi connectivity index (χ1n) is 11.4. The Morgan fingerprint density at radius 3 is 2.31 bits per heavy atom. The Kier molecular flexibility index (Phi) is 7.30. The maximum absolute atomic E-state index is 12.1. The van der Waals surface area contributed by atoms with Gasteiger partial charge < -0.3 is 30.9 Å². The van der Waals surface area contributed by atoms with Crippen molar-refractivity contribution in [2.24, 2.45) is 0 Å². The zero-order valence-electron chi connectivity index (χ0n) is 19.6. The lowest BCUT2D eigenvalue weighted by Crippen LogP contribution is -2.47. The molecule has 182 valence electrons. The number of carbonyl (C=O) groups excluding carboxylic acids is 1. The van der Waals surface area contributed by atoms with E-state index in [2.05, 4.69) is 25.1 Å². The number of nitrogens with zero attached hydrogens (tertiary/aromatic N) is 5. The second-order valence-corrected chi connectivity index (χ2v) is 8.45. The molecule has 0 radical (unpaired) electrons. The summed E-state index contributed by atoms with van der Waals surface area (Å²) < 4.78 is 0. The predicted octanol–water partition coefficient (Wildman–Crippen LogP) is 2.28. The Labute approximate surface area is 204 Å². The van der Waals surface area contributed by atoms with Gasteiger partial charge in [0.25, 0.3) is 0 Å². The van der Waals surface area contributed by atoms with Crippen LogP contribution in [-0.4, -0.2) is 71.7 Å². The average molecular weight is 476 g/mol. The van der Waals surface area contributed by atoms with Crippen molar-refractivity contribution in [3.8, 4) is 11.1 Å². The molecule has 4 N–H and O–H groups in total. The van der Waals surface area contributed by atoms with Gasteiger partial charge in [0.05, 0.1) is 0 Å². The first-order valence-corrected chi connectivity index (χ1v) is 11.4. The van der Waals surface area contributed by atoms with Crippen LogP contribution in [0, 0.1) is 0 Å². The van der Waals surface area contributed by atoms with Crippen molar-refractivity contribution in [3.63, 3.8) is 0 Å². The number of aromatic nitrogens is 2. The summed E-state index contributed by atoms with van der Waals surface area (Å²) in [6, 6.07) is 15.7. The first-order chi connectivity index (χ1) is 16.9. The number of likely N-dealkylation sites (N-methyl/N-ethyl adjacent to an activating group) is 1. The molecule has 2 amide bonds. The van der Waals surface area contributed by atoms with Gasteiger partial charge in [0.1, 0.15) is 6.54 Å². The van der Waals surface area contributed by atoms with Crippen molar-refractivity contribution in [3.05, 3.63) is 66.5 Å². The minimum atomic E-state index is -1.22. The molecule has 1 fully saturated rings. The number of hydrogen-bond acceptors (Lipinski definition) is 7. The molecule has 35 heavy (non-hydrogen) atoms. The van der Waals surface area contributed by atoms with Crippen LogP contribution in [0.15, 0.2) is 60.9 Å². The highest BCUT2D eigenvalue weighted by atomic mass is 16.4. The van der Waals surface area contributed by atoms with Crippen LogP contribution >= 0.6 is 0 Å². The number of carboxylic acid groups (broad SMARTS) is 1. The number of piperazine rings is 1. The number of nitrogens with one attached hydrogen (secondary N) is 1. The van der Waals surface area contributed by atoms with E-state index >= 15 is 0 Å². The van der Waals surface area contributed by atoms with Gasteiger partial charge in [0.2, 0.25) is 11.9 Å². The summed E-state index contributed by atoms with van der Waals surface area (Å²) in [5.41, 5.74) is 10.5. The molecule has 0 unspecified atom stereocenters. The third kappa shape index (κ3) is 6.17. The van der Waals surface area contributed by atoms with Crippen LogP contribution in [0.3, 0.4) is 0 Å². The quantitative estimate of drug-likeness (QED) is 0.444. The summed E-state index contributed by atoms with van der Waals surface area (Å²) in [6.07, 6.45) is 2.42. The summed E-state index contributed by atoms with van der Waals surface area (Å²) in [5, 5.41) is 10.8. The number of amides is 2. The Balaban J connectivity index is 1.35. The van der Waals surface area contributed by atoms with Crippen molar-refractivity contribution in [1.29, 1.82) is 0 Å². The maximum Gasteiger partial charge on any atom is 0.405 e. The lowest BCUT2D eigenvalue weighted by Gasteiger charge is -2.36. The Bertz CT molecular complexity index is 1160. The molecule has 2 aromatic carbocycles. The minimum Gasteiger partial charge on any atom is -0.465 e. The third-order valence-electron chi connectivity index (χ3n) is 5.96. The van der Waals surface area contributed by atoms with Crippen LogP contribution in [0.2, 0.25) is 0 Å². The summed E-state index contributed by atoms with van der Waals surface area (Å²) in [4.78, 5) is 37.9. The topological polar surface area (TPSA) is 128 Å². The van der Waals surface area contributed by atoms with E-state index in [0.717, 1.165) is 48.6 Å². The van der Waals surface area contributed by atoms with E-state index in [9.17, 15) is 9.59 Å². The number of anilines is 3. The van der Waals surface area contributed by atoms with Crippen LogP contribution in [-0.2, 0) is 11.3 Å². The zero-order chi connectivity index (χ0) is 24.8. The summed E-state index contributed by atoms with van der Waals surface area (Å²) in [5.74, 6) is 0.403. The van der Waals surface area contributed by atoms with Crippen LogP contribution in [0.25, 0.3) is 11.1 Å². The average Bonchev–Trinajstić information content (AvgIpc) is 2.88. The van der Waals surface area contributed by atoms with E-state index in [-0.39, 0.29) is 12.5 Å². The van der Waals surface area contributed by atoms with E-state index < -0.39 is 6.09 Å². The third-order valence-corrected chi connectivity index (χ3v) is 5.96. The van der Waals surface area contributed by atoms with Crippen molar-refractivity contribution in [1.82, 2.24) is 20.2 Å². The van der Waals surface area contributed by atoms with Gasteiger partial charge in [-0.05, 0) is 41.5 Å². The van der Waals surface area contributed by atoms with E-state index in [1.807, 2.05) is 60.9 Å². The van der Waals surface area contributed by atoms with Gasteiger partial charge in [-0.15, -0.1) is 0 Å². The molecule has 2 heterocycles. The molecule has 1 aromatic heterocycles. The molecule has 0 aliphatic carbocycles. The molecule has 4 rings (SSSR count). The fourth-order valence-corrected chi connectivity index (χ4v) is 3.98. The first kappa shape index (κ1) is 23.8. The number of nitrogen functional groups attached to an aromatic ring is 1. The Morgan fingerprint density at radius 2 is 1.66 bits per heavy atom. The molecule has 1 aliphatic heterocycles. The van der Waals surface area contributed by atoms with Gasteiger partial charge in [-0.25, -0.2) is 14.8 Å². The van der Waals surface area contributed by atoms with Crippen LogP contribution in [0.4, 0.5) is 22.1 Å². The summed E-state index contributed by atoms with van der Waals surface area (Å²) in [6.45, 7) is 3.53. The normalized spacial score (nSPS) is 13.4. The summed E-state index contributed by atoms with van der Waals surface area (Å²) >= 11 is 0. The highest BCUT2D eigenvalue weighted by Gasteiger charge is 2.19. The van der Waals surface area contributed by atoms with Crippen molar-refractivity contribution in [2.75, 3.05) is 55.3 Å². The lowest BCUT2D eigenvalue weighted by molar-refractivity contribution is -0.129. The monoisotopic (exact) mass is 475 g/mol. The predicted molar refractivity (Wildman–Crippen MR) is 135 cm³/mol. The number of carbonyl (C=O) groups is 2. The molecule has 0 spiro atoms. The van der Waals surface area contributed by atoms with Crippen LogP contribution < -0.4 is 20.9 Å². The summed E-state index contributed by atoms with van der Waals surface area (Å²) in [7, 11) is 1.64. The fraction of sp³-hybridized carbons (Fsp3) is 0.280. The molecular weight excluding hydrogens is 446 g/mol. The highest BCUT2D eigenvalue weighted by molar-refractivity contribution is 5.81. The lowest BCUT2D eigenvalue weighted by atomic mass is 10.1. The van der Waals surface area contributed by atoms with Gasteiger partial charge in [0, 0.05) is 69.1 Å². The van der Waals surface area contributed by atoms with E-state index in [4.69, 9.17) is 10.8 Å². The molecular formula is C25H29N7O3. The van der Waals surface area contributed by atoms with Gasteiger partial charge in [-0.1, -0.05) is 18.2 Å².